The second-order valence-corrected chi connectivity index (χ2v) is 4.02. The van der Waals surface area contributed by atoms with E-state index in [9.17, 15) is 0 Å². The first-order chi connectivity index (χ1) is 7.38. The Morgan fingerprint density at radius 1 is 1.20 bits per heavy atom. The van der Waals surface area contributed by atoms with Gasteiger partial charge < -0.3 is 0 Å². The average Bonchev–Trinajstić information content (AvgIpc) is 2.28. The highest BCUT2D eigenvalue weighted by Crippen LogP contribution is 2.12. The number of hydrogen-bond donors (Lipinski definition) is 0. The van der Waals surface area contributed by atoms with Crippen LogP contribution in [0.15, 0.2) is 18.3 Å². The van der Waals surface area contributed by atoms with Crippen molar-refractivity contribution in [1.29, 1.82) is 0 Å². The molecular weight excluding hydrogens is 182 g/mol. The normalized spacial score (nSPS) is 10.5. The highest BCUT2D eigenvalue weighted by molar-refractivity contribution is 5.20. The Morgan fingerprint density at radius 3 is 2.80 bits per heavy atom. The lowest BCUT2D eigenvalue weighted by Gasteiger charge is -2.07. The van der Waals surface area contributed by atoms with Crippen molar-refractivity contribution in [3.8, 4) is 0 Å². The predicted molar refractivity (Wildman–Crippen MR) is 65.8 cm³/mol. The molecule has 15 heavy (non-hydrogen) atoms. The molecule has 1 rings (SSSR count). The molecule has 0 atom stereocenters. The fourth-order valence-corrected chi connectivity index (χ4v) is 1.78. The molecule has 0 fully saturated rings. The molecule has 1 aromatic heterocycles. The molecule has 1 nitrogen and oxygen atoms in total. The first-order valence-electron chi connectivity index (χ1n) is 6.10. The highest BCUT2D eigenvalue weighted by atomic mass is 14.7. The minimum Gasteiger partial charge on any atom is -0.261 e. The van der Waals surface area contributed by atoms with E-state index in [1.165, 1.54) is 36.9 Å². The molecule has 83 valence electrons. The minimum atomic E-state index is 1.02. The second-order valence-electron chi connectivity index (χ2n) is 4.02. The SMILES string of the molecule is [CH2]CCCc1cccnc1CCCCC. The van der Waals surface area contributed by atoms with E-state index in [-0.39, 0.29) is 0 Å². The molecule has 0 N–H and O–H groups in total. The van der Waals surface area contributed by atoms with E-state index in [4.69, 9.17) is 0 Å². The number of aryl methyl sites for hydroxylation is 2. The molecular formula is C14H22N. The Morgan fingerprint density at radius 2 is 2.07 bits per heavy atom. The van der Waals surface area contributed by atoms with E-state index >= 15 is 0 Å². The Hall–Kier alpha value is -0.850. The lowest BCUT2D eigenvalue weighted by atomic mass is 10.0. The van der Waals surface area contributed by atoms with E-state index in [1.807, 2.05) is 12.3 Å². The van der Waals surface area contributed by atoms with E-state index < -0.39 is 0 Å². The van der Waals surface area contributed by atoms with Gasteiger partial charge in [-0.15, -0.1) is 0 Å². The van der Waals surface area contributed by atoms with Crippen LogP contribution in [-0.2, 0) is 12.8 Å². The van der Waals surface area contributed by atoms with Crippen LogP contribution < -0.4 is 0 Å². The fourth-order valence-electron chi connectivity index (χ4n) is 1.78. The van der Waals surface area contributed by atoms with Crippen LogP contribution in [0.1, 0.15) is 50.3 Å². The zero-order chi connectivity index (χ0) is 10.9. The monoisotopic (exact) mass is 204 g/mol. The van der Waals surface area contributed by atoms with Gasteiger partial charge in [-0.05, 0) is 37.3 Å². The summed E-state index contributed by atoms with van der Waals surface area (Å²) in [7, 11) is 0. The third kappa shape index (κ3) is 4.46. The summed E-state index contributed by atoms with van der Waals surface area (Å²) in [6.07, 6.45) is 10.2. The van der Waals surface area contributed by atoms with Crippen LogP contribution in [0, 0.1) is 6.92 Å². The number of rotatable bonds is 7. The summed E-state index contributed by atoms with van der Waals surface area (Å²) in [4.78, 5) is 4.48. The molecule has 0 saturated heterocycles. The molecule has 0 bridgehead atoms. The van der Waals surface area contributed by atoms with Crippen molar-refractivity contribution in [2.45, 2.75) is 51.9 Å². The van der Waals surface area contributed by atoms with Crippen molar-refractivity contribution >= 4 is 0 Å². The highest BCUT2D eigenvalue weighted by Gasteiger charge is 2.02. The maximum atomic E-state index is 4.48. The summed E-state index contributed by atoms with van der Waals surface area (Å²) in [5.41, 5.74) is 2.73. The van der Waals surface area contributed by atoms with Crippen LogP contribution in [-0.4, -0.2) is 4.98 Å². The van der Waals surface area contributed by atoms with Crippen LogP contribution in [0.4, 0.5) is 0 Å². The van der Waals surface area contributed by atoms with Crippen molar-refractivity contribution in [1.82, 2.24) is 4.98 Å². The van der Waals surface area contributed by atoms with E-state index in [2.05, 4.69) is 24.9 Å². The Balaban J connectivity index is 2.52. The number of unbranched alkanes of at least 4 members (excludes halogenated alkanes) is 3. The summed E-state index contributed by atoms with van der Waals surface area (Å²) >= 11 is 0. The third-order valence-electron chi connectivity index (χ3n) is 2.70. The molecule has 1 aromatic rings. The Kier molecular flexibility index (Phi) is 6.06. The lowest BCUT2D eigenvalue weighted by molar-refractivity contribution is 0.697. The summed E-state index contributed by atoms with van der Waals surface area (Å²) in [5.74, 6) is 0. The molecule has 0 unspecified atom stereocenters. The number of pyridine rings is 1. The van der Waals surface area contributed by atoms with Gasteiger partial charge in [-0.25, -0.2) is 0 Å². The molecule has 0 aromatic carbocycles. The predicted octanol–water partition coefficient (Wildman–Crippen LogP) is 3.97. The van der Waals surface area contributed by atoms with Gasteiger partial charge >= 0.3 is 0 Å². The summed E-state index contributed by atoms with van der Waals surface area (Å²) in [6.45, 7) is 6.12. The molecule has 1 heterocycles. The van der Waals surface area contributed by atoms with Gasteiger partial charge in [-0.3, -0.25) is 4.98 Å². The van der Waals surface area contributed by atoms with Crippen LogP contribution in [0.2, 0.25) is 0 Å². The van der Waals surface area contributed by atoms with Crippen molar-refractivity contribution < 1.29 is 0 Å². The largest absolute Gasteiger partial charge is 0.261 e. The van der Waals surface area contributed by atoms with Crippen molar-refractivity contribution in [3.63, 3.8) is 0 Å². The molecule has 0 spiro atoms. The van der Waals surface area contributed by atoms with Gasteiger partial charge in [0.15, 0.2) is 0 Å². The van der Waals surface area contributed by atoms with Gasteiger partial charge in [0.05, 0.1) is 0 Å². The van der Waals surface area contributed by atoms with E-state index in [1.54, 1.807) is 0 Å². The van der Waals surface area contributed by atoms with E-state index in [0.29, 0.717) is 0 Å². The topological polar surface area (TPSA) is 12.9 Å². The third-order valence-corrected chi connectivity index (χ3v) is 2.70. The zero-order valence-corrected chi connectivity index (χ0v) is 9.84. The van der Waals surface area contributed by atoms with Gasteiger partial charge in [-0.1, -0.05) is 39.2 Å². The number of aromatic nitrogens is 1. The average molecular weight is 204 g/mol. The van der Waals surface area contributed by atoms with Gasteiger partial charge in [0.25, 0.3) is 0 Å². The smallest absolute Gasteiger partial charge is 0.0435 e. The van der Waals surface area contributed by atoms with Crippen LogP contribution in [0.25, 0.3) is 0 Å². The molecule has 0 aliphatic rings. The van der Waals surface area contributed by atoms with Gasteiger partial charge in [0, 0.05) is 11.9 Å². The van der Waals surface area contributed by atoms with E-state index in [0.717, 1.165) is 19.3 Å². The van der Waals surface area contributed by atoms with Crippen molar-refractivity contribution in [2.75, 3.05) is 0 Å². The Labute approximate surface area is 93.9 Å². The minimum absolute atomic E-state index is 1.02. The van der Waals surface area contributed by atoms with Crippen LogP contribution >= 0.6 is 0 Å². The Bertz CT molecular complexity index is 268. The molecule has 0 amide bonds. The van der Waals surface area contributed by atoms with Gasteiger partial charge in [0.2, 0.25) is 0 Å². The number of hydrogen-bond acceptors (Lipinski definition) is 1. The van der Waals surface area contributed by atoms with Crippen molar-refractivity contribution in [3.05, 3.63) is 36.5 Å². The maximum absolute atomic E-state index is 4.48. The van der Waals surface area contributed by atoms with Gasteiger partial charge in [0.1, 0.15) is 0 Å². The second kappa shape index (κ2) is 7.44. The molecule has 1 heteroatoms. The van der Waals surface area contributed by atoms with Crippen LogP contribution in [0.3, 0.4) is 0 Å². The van der Waals surface area contributed by atoms with Gasteiger partial charge in [-0.2, -0.15) is 0 Å². The van der Waals surface area contributed by atoms with Crippen molar-refractivity contribution in [2.24, 2.45) is 0 Å². The molecule has 1 radical (unpaired) electrons. The molecule has 0 aliphatic carbocycles. The maximum Gasteiger partial charge on any atom is 0.0435 e. The molecule has 0 saturated carbocycles. The zero-order valence-electron chi connectivity index (χ0n) is 9.84. The summed E-state index contributed by atoms with van der Waals surface area (Å²) < 4.78 is 0. The summed E-state index contributed by atoms with van der Waals surface area (Å²) in [6, 6.07) is 4.26. The first kappa shape index (κ1) is 12.2. The van der Waals surface area contributed by atoms with Crippen LogP contribution in [0.5, 0.6) is 0 Å². The quantitative estimate of drug-likeness (QED) is 0.612. The summed E-state index contributed by atoms with van der Waals surface area (Å²) in [5, 5.41) is 0. The number of nitrogens with zero attached hydrogens (tertiary/aromatic N) is 1. The lowest BCUT2D eigenvalue weighted by Crippen LogP contribution is -1.98. The first-order valence-corrected chi connectivity index (χ1v) is 6.10. The standard InChI is InChI=1S/C14H22N/c1-3-5-7-11-14-13(9-6-4-2)10-8-12-15-14/h8,10,12H,2-7,9,11H2,1H3. The molecule has 0 aliphatic heterocycles. The fraction of sp³-hybridized carbons (Fsp3) is 0.571.